The molecule has 268 valence electrons. The molecule has 13 heteroatoms. The van der Waals surface area contributed by atoms with Gasteiger partial charge in [-0.3, -0.25) is 9.80 Å². The van der Waals surface area contributed by atoms with Crippen LogP contribution in [0.3, 0.4) is 0 Å². The van der Waals surface area contributed by atoms with Crippen molar-refractivity contribution < 1.29 is 43.5 Å². The summed E-state index contributed by atoms with van der Waals surface area (Å²) in [5.74, 6) is -1.09. The fourth-order valence-corrected chi connectivity index (χ4v) is 5.18. The van der Waals surface area contributed by atoms with E-state index in [9.17, 15) is 19.5 Å². The lowest BCUT2D eigenvalue weighted by Gasteiger charge is -2.39. The third-order valence-corrected chi connectivity index (χ3v) is 7.67. The molecule has 0 aliphatic carbocycles. The van der Waals surface area contributed by atoms with Gasteiger partial charge in [-0.25, -0.2) is 14.4 Å². The van der Waals surface area contributed by atoms with Gasteiger partial charge in [0.2, 0.25) is 0 Å². The Balaban J connectivity index is 0.000000327. The number of ether oxygens (including phenoxy) is 4. The van der Waals surface area contributed by atoms with Crippen LogP contribution in [-0.4, -0.2) is 107 Å². The summed E-state index contributed by atoms with van der Waals surface area (Å²) in [7, 11) is 0. The first kappa shape index (κ1) is 41.1. The van der Waals surface area contributed by atoms with Crippen molar-refractivity contribution >= 4 is 41.4 Å². The molecule has 0 radical (unpaired) electrons. The van der Waals surface area contributed by atoms with Crippen LogP contribution in [0.4, 0.5) is 9.59 Å². The third kappa shape index (κ3) is 13.4. The summed E-state index contributed by atoms with van der Waals surface area (Å²) in [6, 6.07) is 14.4. The van der Waals surface area contributed by atoms with Crippen molar-refractivity contribution in [3.63, 3.8) is 0 Å². The zero-order chi connectivity index (χ0) is 34.9. The molecular weight excluding hydrogens is 663 g/mol. The topological polar surface area (TPSA) is 135 Å². The maximum absolute atomic E-state index is 12.5. The molecule has 0 bridgehead atoms. The number of nitrogens with zero attached hydrogens (tertiary/aromatic N) is 2. The predicted octanol–water partition coefficient (Wildman–Crippen LogP) is 6.49. The van der Waals surface area contributed by atoms with Crippen LogP contribution in [0.2, 0.25) is 10.0 Å². The summed E-state index contributed by atoms with van der Waals surface area (Å²) in [5, 5.41) is 19.8. The lowest BCUT2D eigenvalue weighted by atomic mass is 10.0. The average Bonchev–Trinajstić information content (AvgIpc) is 2.98. The second-order valence-electron chi connectivity index (χ2n) is 13.5. The monoisotopic (exact) mass is 712 g/mol. The van der Waals surface area contributed by atoms with Gasteiger partial charge in [0.05, 0.1) is 51.1 Å². The minimum absolute atomic E-state index is 0. The molecule has 2 aromatic rings. The maximum Gasteiger partial charge on any atom is 0.410 e. The van der Waals surface area contributed by atoms with Crippen LogP contribution in [-0.2, 0) is 36.6 Å². The standard InChI is InChI=1S/C17H22ClNO5.C17H24ClNO4.CH4/c1-17(2,3)24-16(22)19-9-14(15(20)21)23-10-13(19)8-11-4-6-12(18)7-5-11;1-17(2,3)23-16(21)19-9-15(10-20)22-11-14(19)8-12-4-6-13(18)7-5-12;/h4-7,13-14H,8-10H2,1-3H3,(H,20,21);4-7,14-15,20H,8-11H2,1-3H3;1H4/t13?,14-;14?,15-;/m11./s1. The molecule has 2 fully saturated rings. The number of hydrogen-bond acceptors (Lipinski definition) is 8. The largest absolute Gasteiger partial charge is 0.479 e. The lowest BCUT2D eigenvalue weighted by molar-refractivity contribution is -0.158. The molecular formula is C35H50Cl2N2O9. The number of carboxylic acids is 1. The van der Waals surface area contributed by atoms with Crippen LogP contribution in [0, 0.1) is 0 Å². The van der Waals surface area contributed by atoms with Gasteiger partial charge in [0, 0.05) is 10.0 Å². The summed E-state index contributed by atoms with van der Waals surface area (Å²) in [4.78, 5) is 39.2. The number of hydrogen-bond donors (Lipinski definition) is 2. The van der Waals surface area contributed by atoms with Crippen LogP contribution in [0.25, 0.3) is 0 Å². The van der Waals surface area contributed by atoms with Crippen molar-refractivity contribution in [2.45, 2.75) is 97.3 Å². The third-order valence-electron chi connectivity index (χ3n) is 7.16. The highest BCUT2D eigenvalue weighted by molar-refractivity contribution is 6.30. The minimum Gasteiger partial charge on any atom is -0.479 e. The number of halogens is 2. The lowest BCUT2D eigenvalue weighted by Crippen LogP contribution is -2.56. The zero-order valence-electron chi connectivity index (χ0n) is 27.8. The predicted molar refractivity (Wildman–Crippen MR) is 185 cm³/mol. The molecule has 2 N–H and O–H groups in total. The molecule has 2 amide bonds. The van der Waals surface area contributed by atoms with Crippen LogP contribution in [0.5, 0.6) is 0 Å². The molecule has 48 heavy (non-hydrogen) atoms. The molecule has 4 rings (SSSR count). The molecule has 0 spiro atoms. The first-order valence-electron chi connectivity index (χ1n) is 15.5. The Bertz CT molecular complexity index is 1330. The molecule has 2 unspecified atom stereocenters. The highest BCUT2D eigenvalue weighted by atomic mass is 35.5. The van der Waals surface area contributed by atoms with Gasteiger partial charge in [0.15, 0.2) is 6.10 Å². The second-order valence-corrected chi connectivity index (χ2v) is 14.4. The van der Waals surface area contributed by atoms with E-state index in [0.717, 1.165) is 11.1 Å². The van der Waals surface area contributed by atoms with Crippen LogP contribution >= 0.6 is 23.2 Å². The Labute approximate surface area is 294 Å². The number of carbonyl (C=O) groups is 3. The summed E-state index contributed by atoms with van der Waals surface area (Å²) in [6.07, 6.45) is -1.14. The number of carbonyl (C=O) groups excluding carboxylic acids is 2. The normalized spacial score (nSPS) is 21.3. The summed E-state index contributed by atoms with van der Waals surface area (Å²) < 4.78 is 21.9. The molecule has 2 saturated heterocycles. The second kappa shape index (κ2) is 18.1. The molecule has 4 atom stereocenters. The van der Waals surface area contributed by atoms with Gasteiger partial charge in [-0.15, -0.1) is 0 Å². The maximum atomic E-state index is 12.5. The first-order valence-corrected chi connectivity index (χ1v) is 16.2. The molecule has 2 heterocycles. The number of benzene rings is 2. The van der Waals surface area contributed by atoms with E-state index < -0.39 is 29.4 Å². The van der Waals surface area contributed by atoms with E-state index in [1.165, 1.54) is 4.90 Å². The SMILES string of the molecule is C.CC(C)(C)OC(=O)N1C[C@H](C(=O)O)OCC1Cc1ccc(Cl)cc1.CC(C)(C)OC(=O)N1C[C@H](CO)OCC1Cc1ccc(Cl)cc1. The zero-order valence-corrected chi connectivity index (χ0v) is 29.3. The number of carboxylic acid groups (broad SMARTS) is 1. The number of amides is 2. The van der Waals surface area contributed by atoms with Crippen molar-refractivity contribution in [2.75, 3.05) is 32.9 Å². The van der Waals surface area contributed by atoms with E-state index in [2.05, 4.69) is 0 Å². The van der Waals surface area contributed by atoms with Crippen molar-refractivity contribution in [3.05, 3.63) is 69.7 Å². The van der Waals surface area contributed by atoms with Gasteiger partial charge >= 0.3 is 18.2 Å². The Morgan fingerprint density at radius 1 is 0.750 bits per heavy atom. The Hall–Kier alpha value is -3.09. The quantitative estimate of drug-likeness (QED) is 0.345. The molecule has 2 aliphatic rings. The molecule has 0 saturated carbocycles. The van der Waals surface area contributed by atoms with E-state index in [1.807, 2.05) is 57.2 Å². The minimum atomic E-state index is -1.09. The number of aliphatic carboxylic acids is 1. The van der Waals surface area contributed by atoms with Gasteiger partial charge in [-0.2, -0.15) is 0 Å². The fourth-order valence-electron chi connectivity index (χ4n) is 4.93. The number of morpholine rings is 2. The van der Waals surface area contributed by atoms with E-state index in [-0.39, 0.29) is 51.5 Å². The van der Waals surface area contributed by atoms with Gasteiger partial charge in [0.1, 0.15) is 11.2 Å². The molecule has 2 aromatic carbocycles. The highest BCUT2D eigenvalue weighted by Gasteiger charge is 2.38. The van der Waals surface area contributed by atoms with E-state index in [0.29, 0.717) is 36.0 Å². The summed E-state index contributed by atoms with van der Waals surface area (Å²) in [5.41, 5.74) is 0.836. The number of aliphatic hydroxyl groups is 1. The average molecular weight is 714 g/mol. The van der Waals surface area contributed by atoms with Crippen molar-refractivity contribution in [1.82, 2.24) is 9.80 Å². The Kier molecular flexibility index (Phi) is 15.5. The molecule has 11 nitrogen and oxygen atoms in total. The van der Waals surface area contributed by atoms with E-state index in [1.54, 1.807) is 37.8 Å². The Morgan fingerprint density at radius 2 is 1.15 bits per heavy atom. The van der Waals surface area contributed by atoms with Crippen LogP contribution in [0.15, 0.2) is 48.5 Å². The highest BCUT2D eigenvalue weighted by Crippen LogP contribution is 2.23. The fraction of sp³-hybridized carbons (Fsp3) is 0.571. The van der Waals surface area contributed by atoms with Crippen molar-refractivity contribution in [2.24, 2.45) is 0 Å². The smallest absolute Gasteiger partial charge is 0.410 e. The summed E-state index contributed by atoms with van der Waals surface area (Å²) in [6.45, 7) is 11.5. The number of aliphatic hydroxyl groups excluding tert-OH is 1. The molecule has 0 aromatic heterocycles. The van der Waals surface area contributed by atoms with Crippen molar-refractivity contribution in [3.8, 4) is 0 Å². The van der Waals surface area contributed by atoms with E-state index in [4.69, 9.17) is 47.3 Å². The first-order chi connectivity index (χ1) is 21.9. The Morgan fingerprint density at radius 3 is 1.52 bits per heavy atom. The molecule has 2 aliphatic heterocycles. The van der Waals surface area contributed by atoms with Gasteiger partial charge < -0.3 is 29.2 Å². The van der Waals surface area contributed by atoms with E-state index >= 15 is 0 Å². The van der Waals surface area contributed by atoms with Crippen LogP contribution in [0.1, 0.15) is 60.1 Å². The van der Waals surface area contributed by atoms with Crippen molar-refractivity contribution in [1.29, 1.82) is 0 Å². The number of rotatable bonds is 6. The van der Waals surface area contributed by atoms with Gasteiger partial charge in [0.25, 0.3) is 0 Å². The van der Waals surface area contributed by atoms with Gasteiger partial charge in [-0.05, 0) is 89.8 Å². The van der Waals surface area contributed by atoms with Gasteiger partial charge in [-0.1, -0.05) is 54.9 Å². The summed E-state index contributed by atoms with van der Waals surface area (Å²) >= 11 is 11.8. The van der Waals surface area contributed by atoms with Crippen LogP contribution < -0.4 is 0 Å².